The summed E-state index contributed by atoms with van der Waals surface area (Å²) in [5.74, 6) is -0.441. The number of nitro benzene ring substituents is 1. The van der Waals surface area contributed by atoms with Crippen molar-refractivity contribution in [2.24, 2.45) is 0 Å². The Morgan fingerprint density at radius 2 is 1.74 bits per heavy atom. The number of nitrogens with one attached hydrogen (secondary N) is 1. The Hall–Kier alpha value is -4.00. The lowest BCUT2D eigenvalue weighted by molar-refractivity contribution is -0.385. The number of anilines is 1. The minimum atomic E-state index is -0.497. The molecule has 0 bridgehead atoms. The van der Waals surface area contributed by atoms with Gasteiger partial charge in [0.2, 0.25) is 0 Å². The van der Waals surface area contributed by atoms with Crippen molar-refractivity contribution in [2.75, 3.05) is 11.9 Å². The van der Waals surface area contributed by atoms with Gasteiger partial charge >= 0.3 is 0 Å². The van der Waals surface area contributed by atoms with Crippen molar-refractivity contribution < 1.29 is 14.5 Å². The highest BCUT2D eigenvalue weighted by Gasteiger charge is 2.22. The topological polar surface area (TPSA) is 92.6 Å². The van der Waals surface area contributed by atoms with Crippen LogP contribution in [0.4, 0.5) is 11.4 Å². The molecule has 7 heteroatoms. The van der Waals surface area contributed by atoms with Crippen molar-refractivity contribution in [3.8, 4) is 0 Å². The van der Waals surface area contributed by atoms with Crippen molar-refractivity contribution in [3.63, 3.8) is 0 Å². The Morgan fingerprint density at radius 1 is 0.968 bits per heavy atom. The van der Waals surface area contributed by atoms with Gasteiger partial charge in [0.15, 0.2) is 0 Å². The minimum absolute atomic E-state index is 0.0207. The van der Waals surface area contributed by atoms with Gasteiger partial charge in [0, 0.05) is 41.5 Å². The highest BCUT2D eigenvalue weighted by atomic mass is 16.6. The average molecular weight is 415 g/mol. The van der Waals surface area contributed by atoms with Gasteiger partial charge < -0.3 is 10.2 Å². The number of nitrogens with zero attached hydrogens (tertiary/aromatic N) is 2. The molecule has 0 saturated carbocycles. The largest absolute Gasteiger partial charge is 0.334 e. The third kappa shape index (κ3) is 4.30. The molecule has 1 N–H and O–H groups in total. The van der Waals surface area contributed by atoms with Crippen LogP contribution in [-0.2, 0) is 13.0 Å². The predicted octanol–water partition coefficient (Wildman–Crippen LogP) is 4.35. The summed E-state index contributed by atoms with van der Waals surface area (Å²) in [5, 5.41) is 14.0. The van der Waals surface area contributed by atoms with Crippen LogP contribution in [-0.4, -0.2) is 28.2 Å². The average Bonchev–Trinajstić information content (AvgIpc) is 2.78. The summed E-state index contributed by atoms with van der Waals surface area (Å²) >= 11 is 0. The first-order valence-corrected chi connectivity index (χ1v) is 9.95. The number of hydrogen-bond donors (Lipinski definition) is 1. The maximum absolute atomic E-state index is 12.8. The molecule has 0 saturated heterocycles. The van der Waals surface area contributed by atoms with Gasteiger partial charge in [-0.1, -0.05) is 30.3 Å². The summed E-state index contributed by atoms with van der Waals surface area (Å²) in [5.41, 5.74) is 3.98. The smallest absolute Gasteiger partial charge is 0.273 e. The Labute approximate surface area is 179 Å². The Bertz CT molecular complexity index is 1170. The van der Waals surface area contributed by atoms with Crippen LogP contribution in [0.1, 0.15) is 37.4 Å². The maximum atomic E-state index is 12.8. The molecule has 7 nitrogen and oxygen atoms in total. The fraction of sp³-hybridized carbons (Fsp3) is 0.167. The van der Waals surface area contributed by atoms with Gasteiger partial charge in [0.1, 0.15) is 0 Å². The number of carbonyl (C=O) groups is 2. The molecule has 31 heavy (non-hydrogen) atoms. The van der Waals surface area contributed by atoms with E-state index >= 15 is 0 Å². The lowest BCUT2D eigenvalue weighted by atomic mass is 9.98. The Morgan fingerprint density at radius 3 is 2.48 bits per heavy atom. The zero-order chi connectivity index (χ0) is 22.0. The van der Waals surface area contributed by atoms with Gasteiger partial charge in [-0.3, -0.25) is 19.7 Å². The molecular weight excluding hydrogens is 394 g/mol. The normalized spacial score (nSPS) is 12.7. The van der Waals surface area contributed by atoms with Crippen molar-refractivity contribution >= 4 is 23.2 Å². The summed E-state index contributed by atoms with van der Waals surface area (Å²) in [6.45, 7) is 2.73. The third-order valence-corrected chi connectivity index (χ3v) is 5.45. The van der Waals surface area contributed by atoms with Crippen LogP contribution in [0.25, 0.3) is 0 Å². The van der Waals surface area contributed by atoms with Crippen LogP contribution in [0.2, 0.25) is 0 Å². The van der Waals surface area contributed by atoms with Crippen LogP contribution >= 0.6 is 0 Å². The zero-order valence-corrected chi connectivity index (χ0v) is 17.0. The van der Waals surface area contributed by atoms with Crippen molar-refractivity contribution in [2.45, 2.75) is 19.9 Å². The molecule has 0 fully saturated rings. The van der Waals surface area contributed by atoms with Gasteiger partial charge in [-0.15, -0.1) is 0 Å². The lowest BCUT2D eigenvalue weighted by Gasteiger charge is -2.29. The minimum Gasteiger partial charge on any atom is -0.334 e. The van der Waals surface area contributed by atoms with E-state index in [0.717, 1.165) is 17.5 Å². The number of nitro groups is 1. The quantitative estimate of drug-likeness (QED) is 0.506. The molecule has 3 aromatic carbocycles. The van der Waals surface area contributed by atoms with Crippen LogP contribution in [0.15, 0.2) is 66.7 Å². The number of hydrogen-bond acceptors (Lipinski definition) is 4. The van der Waals surface area contributed by atoms with E-state index in [1.807, 2.05) is 36.4 Å². The van der Waals surface area contributed by atoms with E-state index < -0.39 is 10.8 Å². The molecule has 0 radical (unpaired) electrons. The van der Waals surface area contributed by atoms with E-state index in [1.165, 1.54) is 6.07 Å². The molecule has 2 amide bonds. The van der Waals surface area contributed by atoms with E-state index in [9.17, 15) is 19.7 Å². The highest BCUT2D eigenvalue weighted by Crippen LogP contribution is 2.25. The Balaban J connectivity index is 1.51. The molecule has 1 heterocycles. The summed E-state index contributed by atoms with van der Waals surface area (Å²) in [7, 11) is 0. The van der Waals surface area contributed by atoms with Crippen LogP contribution in [0.5, 0.6) is 0 Å². The molecule has 0 unspecified atom stereocenters. The molecular formula is C24H21N3O4. The van der Waals surface area contributed by atoms with E-state index in [2.05, 4.69) is 5.32 Å². The number of rotatable bonds is 4. The number of carbonyl (C=O) groups excluding carboxylic acids is 2. The second kappa shape index (κ2) is 8.39. The molecule has 0 aliphatic carbocycles. The van der Waals surface area contributed by atoms with Gasteiger partial charge in [0.25, 0.3) is 17.5 Å². The van der Waals surface area contributed by atoms with Gasteiger partial charge in [0.05, 0.1) is 4.92 Å². The van der Waals surface area contributed by atoms with E-state index in [0.29, 0.717) is 29.9 Å². The molecule has 0 spiro atoms. The van der Waals surface area contributed by atoms with E-state index in [1.54, 1.807) is 36.1 Å². The van der Waals surface area contributed by atoms with Crippen molar-refractivity contribution in [3.05, 3.63) is 105 Å². The molecule has 0 atom stereocenters. The van der Waals surface area contributed by atoms with E-state index in [4.69, 9.17) is 0 Å². The Kier molecular flexibility index (Phi) is 5.49. The van der Waals surface area contributed by atoms with Gasteiger partial charge in [-0.05, 0) is 54.8 Å². The first-order valence-electron chi connectivity index (χ1n) is 9.95. The highest BCUT2D eigenvalue weighted by molar-refractivity contribution is 6.04. The monoisotopic (exact) mass is 415 g/mol. The van der Waals surface area contributed by atoms with Crippen molar-refractivity contribution in [1.29, 1.82) is 0 Å². The fourth-order valence-corrected chi connectivity index (χ4v) is 3.72. The van der Waals surface area contributed by atoms with Crippen LogP contribution in [0, 0.1) is 17.0 Å². The molecule has 0 aromatic heterocycles. The second-order valence-corrected chi connectivity index (χ2v) is 7.54. The van der Waals surface area contributed by atoms with Crippen molar-refractivity contribution in [1.82, 2.24) is 4.90 Å². The standard InChI is InChI=1S/C24H21N3O4/c1-16-7-8-19(14-22(16)27(30)31)23(28)25-21-10-9-17-11-12-26(15-20(17)13-21)24(29)18-5-3-2-4-6-18/h2-10,13-14H,11-12,15H2,1H3,(H,25,28). The predicted molar refractivity (Wildman–Crippen MR) is 117 cm³/mol. The number of aryl methyl sites for hydroxylation is 1. The zero-order valence-electron chi connectivity index (χ0n) is 17.0. The van der Waals surface area contributed by atoms with Crippen LogP contribution < -0.4 is 5.32 Å². The first-order chi connectivity index (χ1) is 14.9. The molecule has 1 aliphatic heterocycles. The van der Waals surface area contributed by atoms with Gasteiger partial charge in [-0.25, -0.2) is 0 Å². The fourth-order valence-electron chi connectivity index (χ4n) is 3.72. The summed E-state index contributed by atoms with van der Waals surface area (Å²) in [6, 6.07) is 19.2. The molecule has 4 rings (SSSR count). The first kappa shape index (κ1) is 20.3. The van der Waals surface area contributed by atoms with E-state index in [-0.39, 0.29) is 17.2 Å². The summed E-state index contributed by atoms with van der Waals surface area (Å²) in [4.78, 5) is 37.8. The maximum Gasteiger partial charge on any atom is 0.273 e. The SMILES string of the molecule is Cc1ccc(C(=O)Nc2ccc3c(c2)CN(C(=O)c2ccccc2)CC3)cc1[N+](=O)[O-]. The molecule has 3 aromatic rings. The second-order valence-electron chi connectivity index (χ2n) is 7.54. The number of benzene rings is 3. The number of amides is 2. The van der Waals surface area contributed by atoms with Crippen LogP contribution in [0.3, 0.4) is 0 Å². The lowest BCUT2D eigenvalue weighted by Crippen LogP contribution is -2.36. The summed E-state index contributed by atoms with van der Waals surface area (Å²) < 4.78 is 0. The molecule has 156 valence electrons. The third-order valence-electron chi connectivity index (χ3n) is 5.45. The summed E-state index contributed by atoms with van der Waals surface area (Å²) in [6.07, 6.45) is 0.742. The van der Waals surface area contributed by atoms with Gasteiger partial charge in [-0.2, -0.15) is 0 Å². The molecule has 1 aliphatic rings. The number of fused-ring (bicyclic) bond motifs is 1.